The molecule has 0 aromatic carbocycles. The van der Waals surface area contributed by atoms with Gasteiger partial charge in [0, 0.05) is 13.1 Å². The zero-order chi connectivity index (χ0) is 20.5. The molecule has 0 radical (unpaired) electrons. The van der Waals surface area contributed by atoms with Crippen molar-refractivity contribution in [3.8, 4) is 0 Å². The van der Waals surface area contributed by atoms with Crippen LogP contribution in [0.15, 0.2) is 11.8 Å². The average Bonchev–Trinajstić information content (AvgIpc) is 2.91. The Kier molecular flexibility index (Phi) is 6.62. The number of hydrogen-bond donors (Lipinski definition) is 2. The molecule has 0 fully saturated rings. The van der Waals surface area contributed by atoms with E-state index in [1.807, 2.05) is 27.7 Å². The fourth-order valence-corrected chi connectivity index (χ4v) is 2.44. The number of amides is 1. The SMILES string of the molecule is CC(C)CN(CC(C)C)C(=O)C1=CC(C(O)(C(F)(F)F)C(F)(F)F)ON1. The Labute approximate surface area is 146 Å². The summed E-state index contributed by atoms with van der Waals surface area (Å²) in [6.45, 7) is 7.74. The summed E-state index contributed by atoms with van der Waals surface area (Å²) in [6.07, 6.45) is -14.6. The predicted molar refractivity (Wildman–Crippen MR) is 79.4 cm³/mol. The van der Waals surface area contributed by atoms with Crippen LogP contribution < -0.4 is 5.48 Å². The molecule has 0 aliphatic carbocycles. The summed E-state index contributed by atoms with van der Waals surface area (Å²) >= 11 is 0. The summed E-state index contributed by atoms with van der Waals surface area (Å²) in [4.78, 5) is 18.0. The van der Waals surface area contributed by atoms with Crippen LogP contribution in [0.25, 0.3) is 0 Å². The van der Waals surface area contributed by atoms with E-state index in [1.54, 1.807) is 5.48 Å². The van der Waals surface area contributed by atoms with E-state index in [0.29, 0.717) is 6.08 Å². The van der Waals surface area contributed by atoms with E-state index in [4.69, 9.17) is 0 Å². The van der Waals surface area contributed by atoms with E-state index in [0.717, 1.165) is 0 Å². The first-order valence-corrected chi connectivity index (χ1v) is 7.89. The molecule has 5 nitrogen and oxygen atoms in total. The predicted octanol–water partition coefficient (Wildman–Crippen LogP) is 2.77. The van der Waals surface area contributed by atoms with Gasteiger partial charge in [0.25, 0.3) is 11.5 Å². The van der Waals surface area contributed by atoms with Gasteiger partial charge in [-0.15, -0.1) is 0 Å². The topological polar surface area (TPSA) is 61.8 Å². The Morgan fingerprint density at radius 1 is 1.12 bits per heavy atom. The number of alkyl halides is 6. The Morgan fingerprint density at radius 2 is 1.54 bits per heavy atom. The molecule has 0 aromatic rings. The minimum absolute atomic E-state index is 0.0266. The summed E-state index contributed by atoms with van der Waals surface area (Å²) in [5, 5.41) is 9.33. The van der Waals surface area contributed by atoms with E-state index in [2.05, 4.69) is 4.84 Å². The maximum atomic E-state index is 12.9. The van der Waals surface area contributed by atoms with Crippen molar-refractivity contribution in [3.63, 3.8) is 0 Å². The minimum atomic E-state index is -6.05. The number of rotatable bonds is 6. The standard InChI is InChI=1S/C15H22F6N2O3/c1-8(2)6-23(7-9(3)4)12(24)10-5-11(26-22-10)13(25,14(16,17)18)15(19,20)21/h5,8-9,11,22,25H,6-7H2,1-4H3. The van der Waals surface area contributed by atoms with E-state index < -0.39 is 35.7 Å². The van der Waals surface area contributed by atoms with E-state index in [1.165, 1.54) is 4.90 Å². The molecule has 0 spiro atoms. The van der Waals surface area contributed by atoms with E-state index >= 15 is 0 Å². The molecule has 0 saturated carbocycles. The lowest BCUT2D eigenvalue weighted by Gasteiger charge is -2.34. The first-order valence-electron chi connectivity index (χ1n) is 7.89. The number of nitrogens with zero attached hydrogens (tertiary/aromatic N) is 1. The van der Waals surface area contributed by atoms with Crippen molar-refractivity contribution in [2.45, 2.75) is 51.8 Å². The van der Waals surface area contributed by atoms with Crippen LogP contribution in [0.2, 0.25) is 0 Å². The molecule has 0 saturated heterocycles. The lowest BCUT2D eigenvalue weighted by Crippen LogP contribution is -2.64. The molecular weight excluding hydrogens is 370 g/mol. The Bertz CT molecular complexity index is 518. The molecule has 1 aliphatic heterocycles. The highest BCUT2D eigenvalue weighted by Gasteiger charge is 2.75. The Balaban J connectivity index is 3.15. The molecule has 1 atom stereocenters. The third kappa shape index (κ3) is 4.61. The molecule has 0 bridgehead atoms. The smallest absolute Gasteiger partial charge is 0.371 e. The van der Waals surface area contributed by atoms with Crippen molar-refractivity contribution in [1.82, 2.24) is 10.4 Å². The van der Waals surface area contributed by atoms with Gasteiger partial charge >= 0.3 is 12.4 Å². The highest BCUT2D eigenvalue weighted by molar-refractivity contribution is 5.93. The van der Waals surface area contributed by atoms with Crippen molar-refractivity contribution >= 4 is 5.91 Å². The van der Waals surface area contributed by atoms with Gasteiger partial charge in [0.2, 0.25) is 0 Å². The Morgan fingerprint density at radius 3 is 1.88 bits per heavy atom. The van der Waals surface area contributed by atoms with Gasteiger partial charge in [0.15, 0.2) is 6.10 Å². The summed E-state index contributed by atoms with van der Waals surface area (Å²) in [5.74, 6) is -0.751. The molecule has 1 rings (SSSR count). The molecular formula is C15H22F6N2O3. The zero-order valence-electron chi connectivity index (χ0n) is 14.7. The van der Waals surface area contributed by atoms with Gasteiger partial charge in [-0.05, 0) is 17.9 Å². The largest absolute Gasteiger partial charge is 0.429 e. The lowest BCUT2D eigenvalue weighted by molar-refractivity contribution is -0.390. The van der Waals surface area contributed by atoms with Gasteiger partial charge in [0.05, 0.1) is 0 Å². The molecule has 2 N–H and O–H groups in total. The van der Waals surface area contributed by atoms with Crippen LogP contribution in [-0.4, -0.2) is 53.1 Å². The normalized spacial score (nSPS) is 19.0. The molecule has 1 amide bonds. The Hall–Kier alpha value is -1.49. The van der Waals surface area contributed by atoms with Crippen LogP contribution in [0, 0.1) is 11.8 Å². The van der Waals surface area contributed by atoms with Crippen LogP contribution in [0.1, 0.15) is 27.7 Å². The van der Waals surface area contributed by atoms with Crippen molar-refractivity contribution < 1.29 is 41.1 Å². The van der Waals surface area contributed by atoms with Gasteiger partial charge in [-0.3, -0.25) is 15.1 Å². The highest BCUT2D eigenvalue weighted by atomic mass is 19.4. The second kappa shape index (κ2) is 7.63. The number of carbonyl (C=O) groups excluding carboxylic acids is 1. The quantitative estimate of drug-likeness (QED) is 0.683. The third-order valence-electron chi connectivity index (χ3n) is 3.58. The van der Waals surface area contributed by atoms with Crippen molar-refractivity contribution in [2.24, 2.45) is 11.8 Å². The minimum Gasteiger partial charge on any atom is -0.371 e. The first-order chi connectivity index (χ1) is 11.6. The number of nitrogens with one attached hydrogen (secondary N) is 1. The molecule has 1 unspecified atom stereocenters. The van der Waals surface area contributed by atoms with Crippen molar-refractivity contribution in [3.05, 3.63) is 11.8 Å². The molecule has 26 heavy (non-hydrogen) atoms. The molecule has 1 aliphatic rings. The number of aliphatic hydroxyl groups is 1. The average molecular weight is 392 g/mol. The van der Waals surface area contributed by atoms with E-state index in [9.17, 15) is 36.2 Å². The number of hydroxylamine groups is 1. The summed E-state index contributed by atoms with van der Waals surface area (Å²) in [6, 6.07) is 0. The van der Waals surface area contributed by atoms with Gasteiger partial charge in [-0.2, -0.15) is 26.3 Å². The van der Waals surface area contributed by atoms with Crippen LogP contribution >= 0.6 is 0 Å². The maximum absolute atomic E-state index is 12.9. The molecule has 152 valence electrons. The summed E-state index contributed by atoms with van der Waals surface area (Å²) in [7, 11) is 0. The fourth-order valence-electron chi connectivity index (χ4n) is 2.44. The van der Waals surface area contributed by atoms with Crippen LogP contribution in [0.3, 0.4) is 0 Å². The number of halogens is 6. The van der Waals surface area contributed by atoms with Gasteiger partial charge in [-0.1, -0.05) is 27.7 Å². The molecule has 0 aromatic heterocycles. The second-order valence-corrected chi connectivity index (χ2v) is 6.98. The lowest BCUT2D eigenvalue weighted by atomic mass is 9.94. The van der Waals surface area contributed by atoms with Crippen molar-refractivity contribution in [2.75, 3.05) is 13.1 Å². The maximum Gasteiger partial charge on any atom is 0.429 e. The zero-order valence-corrected chi connectivity index (χ0v) is 14.7. The highest BCUT2D eigenvalue weighted by Crippen LogP contribution is 2.47. The van der Waals surface area contributed by atoms with Gasteiger partial charge in [0.1, 0.15) is 5.70 Å². The monoisotopic (exact) mass is 392 g/mol. The van der Waals surface area contributed by atoms with E-state index in [-0.39, 0.29) is 24.9 Å². The second-order valence-electron chi connectivity index (χ2n) is 6.98. The summed E-state index contributed by atoms with van der Waals surface area (Å²) in [5.41, 5.74) is -3.93. The van der Waals surface area contributed by atoms with Crippen LogP contribution in [0.4, 0.5) is 26.3 Å². The van der Waals surface area contributed by atoms with Crippen LogP contribution in [-0.2, 0) is 9.63 Å². The molecule has 11 heteroatoms. The number of carbonyl (C=O) groups is 1. The number of hydrogen-bond acceptors (Lipinski definition) is 4. The third-order valence-corrected chi connectivity index (χ3v) is 3.58. The molecule has 1 heterocycles. The summed E-state index contributed by atoms with van der Waals surface area (Å²) < 4.78 is 77.3. The first kappa shape index (κ1) is 22.6. The van der Waals surface area contributed by atoms with Crippen LogP contribution in [0.5, 0.6) is 0 Å². The van der Waals surface area contributed by atoms with Gasteiger partial charge in [-0.25, -0.2) is 0 Å². The fraction of sp³-hybridized carbons (Fsp3) is 0.800. The van der Waals surface area contributed by atoms with Gasteiger partial charge < -0.3 is 10.0 Å². The van der Waals surface area contributed by atoms with Crippen molar-refractivity contribution in [1.29, 1.82) is 0 Å².